The largest absolute Gasteiger partial charge is 0.497 e. The van der Waals surface area contributed by atoms with Gasteiger partial charge in [-0.05, 0) is 63.1 Å². The van der Waals surface area contributed by atoms with E-state index in [0.717, 1.165) is 53.6 Å². The first-order valence-electron chi connectivity index (χ1n) is 10.5. The highest BCUT2D eigenvalue weighted by Crippen LogP contribution is 2.29. The molecule has 1 aliphatic heterocycles. The third-order valence-electron chi connectivity index (χ3n) is 5.48. The molecule has 0 aliphatic carbocycles. The molecule has 2 aromatic heterocycles. The molecule has 7 heteroatoms. The number of piperidine rings is 1. The second-order valence-electron chi connectivity index (χ2n) is 7.91. The first kappa shape index (κ1) is 20.8. The van der Waals surface area contributed by atoms with Crippen molar-refractivity contribution in [3.05, 3.63) is 71.6 Å². The highest BCUT2D eigenvalue weighted by atomic mass is 16.5. The molecule has 3 heterocycles. The van der Waals surface area contributed by atoms with Crippen molar-refractivity contribution in [1.29, 1.82) is 0 Å². The van der Waals surface area contributed by atoms with Crippen LogP contribution in [0.3, 0.4) is 0 Å². The Hall–Kier alpha value is -3.48. The monoisotopic (exact) mass is 417 g/mol. The van der Waals surface area contributed by atoms with Crippen molar-refractivity contribution in [1.82, 2.24) is 19.9 Å². The van der Waals surface area contributed by atoms with Gasteiger partial charge in [-0.25, -0.2) is 4.98 Å². The number of hydrogen-bond donors (Lipinski definition) is 1. The number of anilines is 2. The van der Waals surface area contributed by atoms with Gasteiger partial charge in [-0.3, -0.25) is 14.8 Å². The van der Waals surface area contributed by atoms with E-state index in [-0.39, 0.29) is 11.8 Å². The molecule has 1 saturated heterocycles. The molecule has 7 nitrogen and oxygen atoms in total. The number of methoxy groups -OCH3 is 1. The topological polar surface area (TPSA) is 80.2 Å². The zero-order valence-corrected chi connectivity index (χ0v) is 18.1. The van der Waals surface area contributed by atoms with E-state index in [1.807, 2.05) is 49.1 Å². The van der Waals surface area contributed by atoms with Crippen molar-refractivity contribution in [2.45, 2.75) is 32.6 Å². The van der Waals surface area contributed by atoms with Gasteiger partial charge in [0, 0.05) is 48.0 Å². The minimum atomic E-state index is -0.0681. The molecule has 0 unspecified atom stereocenters. The number of pyridine rings is 1. The molecule has 3 aromatic rings. The van der Waals surface area contributed by atoms with Crippen LogP contribution < -0.4 is 10.1 Å². The maximum Gasteiger partial charge on any atom is 0.274 e. The van der Waals surface area contributed by atoms with Gasteiger partial charge in [0.15, 0.2) is 0 Å². The normalized spacial score (nSPS) is 16.1. The summed E-state index contributed by atoms with van der Waals surface area (Å²) in [5.74, 6) is 0.941. The predicted molar refractivity (Wildman–Crippen MR) is 120 cm³/mol. The summed E-state index contributed by atoms with van der Waals surface area (Å²) in [7, 11) is 1.66. The lowest BCUT2D eigenvalue weighted by Gasteiger charge is -2.32. The standard InChI is InChI=1S/C24H27N5O2/c1-16-11-20(28-19-6-8-21(31-3)9-7-19)12-22(27-16)18-5-4-10-29(15-18)24(30)23-14-25-17(2)13-26-23/h6-9,11-14,18H,4-5,10,15H2,1-3H3,(H,27,28)/t18-/m0/s1. The van der Waals surface area contributed by atoms with Crippen molar-refractivity contribution >= 4 is 17.3 Å². The molecule has 160 valence electrons. The van der Waals surface area contributed by atoms with Crippen LogP contribution in [-0.2, 0) is 0 Å². The summed E-state index contributed by atoms with van der Waals surface area (Å²) in [5, 5.41) is 3.45. The van der Waals surface area contributed by atoms with Crippen LogP contribution in [0.4, 0.5) is 11.4 Å². The molecule has 1 fully saturated rings. The summed E-state index contributed by atoms with van der Waals surface area (Å²) in [4.78, 5) is 28.0. The van der Waals surface area contributed by atoms with E-state index in [0.29, 0.717) is 12.2 Å². The first-order chi connectivity index (χ1) is 15.0. The lowest BCUT2D eigenvalue weighted by molar-refractivity contribution is 0.0699. The fourth-order valence-corrected chi connectivity index (χ4v) is 3.88. The number of nitrogens with one attached hydrogen (secondary N) is 1. The third-order valence-corrected chi connectivity index (χ3v) is 5.48. The van der Waals surface area contributed by atoms with Crippen LogP contribution in [0.1, 0.15) is 46.3 Å². The van der Waals surface area contributed by atoms with E-state index < -0.39 is 0 Å². The van der Waals surface area contributed by atoms with Crippen molar-refractivity contribution in [3.8, 4) is 5.75 Å². The molecule has 1 N–H and O–H groups in total. The molecule has 0 bridgehead atoms. The number of benzene rings is 1. The summed E-state index contributed by atoms with van der Waals surface area (Å²) in [6.45, 7) is 5.22. The quantitative estimate of drug-likeness (QED) is 0.668. The molecule has 31 heavy (non-hydrogen) atoms. The van der Waals surface area contributed by atoms with E-state index >= 15 is 0 Å². The first-order valence-corrected chi connectivity index (χ1v) is 10.5. The van der Waals surface area contributed by atoms with Gasteiger partial charge in [-0.15, -0.1) is 0 Å². The van der Waals surface area contributed by atoms with Gasteiger partial charge in [0.05, 0.1) is 19.0 Å². The summed E-state index contributed by atoms with van der Waals surface area (Å²) < 4.78 is 5.23. The number of ether oxygens (including phenoxy) is 1. The Balaban J connectivity index is 1.50. The van der Waals surface area contributed by atoms with Crippen molar-refractivity contribution in [2.75, 3.05) is 25.5 Å². The molecule has 0 saturated carbocycles. The van der Waals surface area contributed by atoms with Crippen LogP contribution in [0, 0.1) is 13.8 Å². The molecule has 1 aromatic carbocycles. The second kappa shape index (κ2) is 9.12. The summed E-state index contributed by atoms with van der Waals surface area (Å²) >= 11 is 0. The minimum absolute atomic E-state index is 0.0681. The number of amides is 1. The van der Waals surface area contributed by atoms with Gasteiger partial charge >= 0.3 is 0 Å². The number of carbonyl (C=O) groups excluding carboxylic acids is 1. The highest BCUT2D eigenvalue weighted by molar-refractivity contribution is 5.92. The number of likely N-dealkylation sites (tertiary alicyclic amines) is 1. The number of carbonyl (C=O) groups is 1. The number of rotatable bonds is 5. The van der Waals surface area contributed by atoms with Crippen molar-refractivity contribution in [3.63, 3.8) is 0 Å². The molecular weight excluding hydrogens is 390 g/mol. The van der Waals surface area contributed by atoms with Gasteiger partial charge in [0.25, 0.3) is 5.91 Å². The van der Waals surface area contributed by atoms with E-state index in [9.17, 15) is 4.79 Å². The van der Waals surface area contributed by atoms with Crippen LogP contribution in [-0.4, -0.2) is 46.0 Å². The maximum absolute atomic E-state index is 12.9. The van der Waals surface area contributed by atoms with Crippen LogP contribution in [0.15, 0.2) is 48.8 Å². The Morgan fingerprint density at radius 2 is 1.87 bits per heavy atom. The van der Waals surface area contributed by atoms with E-state index in [2.05, 4.69) is 21.4 Å². The van der Waals surface area contributed by atoms with Crippen LogP contribution >= 0.6 is 0 Å². The SMILES string of the molecule is COc1ccc(Nc2cc(C)nc([C@H]3CCCN(C(=O)c4cnc(C)cn4)C3)c2)cc1. The molecule has 1 atom stereocenters. The molecule has 0 spiro atoms. The minimum Gasteiger partial charge on any atom is -0.497 e. The summed E-state index contributed by atoms with van der Waals surface area (Å²) in [5.41, 5.74) is 5.11. The highest BCUT2D eigenvalue weighted by Gasteiger charge is 2.27. The molecule has 4 rings (SSSR count). The summed E-state index contributed by atoms with van der Waals surface area (Å²) in [6.07, 6.45) is 5.13. The van der Waals surface area contributed by atoms with E-state index in [4.69, 9.17) is 9.72 Å². The molecule has 1 aliphatic rings. The predicted octanol–water partition coefficient (Wildman–Crippen LogP) is 4.26. The Labute approximate surface area is 182 Å². The Morgan fingerprint density at radius 1 is 1.06 bits per heavy atom. The fraction of sp³-hybridized carbons (Fsp3) is 0.333. The van der Waals surface area contributed by atoms with Gasteiger partial charge < -0.3 is 15.0 Å². The smallest absolute Gasteiger partial charge is 0.274 e. The third kappa shape index (κ3) is 4.99. The zero-order valence-electron chi connectivity index (χ0n) is 18.1. The van der Waals surface area contributed by atoms with E-state index in [1.165, 1.54) is 0 Å². The second-order valence-corrected chi connectivity index (χ2v) is 7.91. The zero-order chi connectivity index (χ0) is 21.8. The molecule has 1 amide bonds. The summed E-state index contributed by atoms with van der Waals surface area (Å²) in [6, 6.07) is 11.9. The van der Waals surface area contributed by atoms with Crippen molar-refractivity contribution in [2.24, 2.45) is 0 Å². The number of hydrogen-bond acceptors (Lipinski definition) is 6. The maximum atomic E-state index is 12.9. The van der Waals surface area contributed by atoms with Crippen molar-refractivity contribution < 1.29 is 9.53 Å². The number of aryl methyl sites for hydroxylation is 2. The Kier molecular flexibility index (Phi) is 6.11. The fourth-order valence-electron chi connectivity index (χ4n) is 3.88. The lowest BCUT2D eigenvalue weighted by atomic mass is 9.93. The van der Waals surface area contributed by atoms with Gasteiger partial charge in [0.2, 0.25) is 0 Å². The lowest BCUT2D eigenvalue weighted by Crippen LogP contribution is -2.39. The van der Waals surface area contributed by atoms with E-state index in [1.54, 1.807) is 19.5 Å². The van der Waals surface area contributed by atoms with Gasteiger partial charge in [0.1, 0.15) is 11.4 Å². The Bertz CT molecular complexity index is 1050. The number of aromatic nitrogens is 3. The Morgan fingerprint density at radius 3 is 2.58 bits per heavy atom. The molecule has 0 radical (unpaired) electrons. The average Bonchev–Trinajstić information content (AvgIpc) is 2.79. The number of nitrogens with zero attached hydrogens (tertiary/aromatic N) is 4. The van der Waals surface area contributed by atoms with Crippen LogP contribution in [0.5, 0.6) is 5.75 Å². The van der Waals surface area contributed by atoms with Crippen LogP contribution in [0.2, 0.25) is 0 Å². The van der Waals surface area contributed by atoms with Crippen LogP contribution in [0.25, 0.3) is 0 Å². The van der Waals surface area contributed by atoms with Gasteiger partial charge in [-0.1, -0.05) is 0 Å². The van der Waals surface area contributed by atoms with Gasteiger partial charge in [-0.2, -0.15) is 0 Å². The average molecular weight is 418 g/mol. The molecular formula is C24H27N5O2.